The van der Waals surface area contributed by atoms with Gasteiger partial charge in [-0.25, -0.2) is 0 Å². The molecule has 1 aromatic heterocycles. The molecular weight excluding hydrogens is 214 g/mol. The number of hydrogen-bond donors (Lipinski definition) is 1. The Kier molecular flexibility index (Phi) is 3.56. The van der Waals surface area contributed by atoms with Gasteiger partial charge >= 0.3 is 0 Å². The van der Waals surface area contributed by atoms with Crippen molar-refractivity contribution >= 4 is 0 Å². The normalized spacial score (nSPS) is 25.9. The molecule has 0 aromatic carbocycles. The first kappa shape index (κ1) is 12.6. The van der Waals surface area contributed by atoms with Gasteiger partial charge in [0.25, 0.3) is 0 Å². The summed E-state index contributed by atoms with van der Waals surface area (Å²) in [4.78, 5) is 4.69. The number of aryl methyl sites for hydroxylation is 1. The Morgan fingerprint density at radius 3 is 2.76 bits per heavy atom. The number of hydrogen-bond acceptors (Lipinski definition) is 4. The van der Waals surface area contributed by atoms with Crippen molar-refractivity contribution in [3.63, 3.8) is 0 Å². The Hall–Kier alpha value is -0.840. The van der Waals surface area contributed by atoms with E-state index < -0.39 is 0 Å². The smallest absolute Gasteiger partial charge is 0.118 e. The molecule has 0 spiro atoms. The first-order valence-electron chi connectivity index (χ1n) is 6.21. The number of rotatable bonds is 4. The molecule has 2 heterocycles. The molecule has 1 fully saturated rings. The summed E-state index contributed by atoms with van der Waals surface area (Å²) >= 11 is 0. The van der Waals surface area contributed by atoms with Crippen molar-refractivity contribution in [1.29, 1.82) is 0 Å². The molecule has 4 nitrogen and oxygen atoms in total. The minimum absolute atomic E-state index is 0.107. The third kappa shape index (κ3) is 2.54. The summed E-state index contributed by atoms with van der Waals surface area (Å²) in [5, 5.41) is 0. The van der Waals surface area contributed by atoms with Crippen molar-refractivity contribution in [3.05, 3.63) is 23.7 Å². The maximum atomic E-state index is 5.99. The summed E-state index contributed by atoms with van der Waals surface area (Å²) in [6.45, 7) is 5.68. The lowest BCUT2D eigenvalue weighted by Crippen LogP contribution is -2.53. The Balaban J connectivity index is 2.05. The minimum atomic E-state index is 0.107. The summed E-state index contributed by atoms with van der Waals surface area (Å²) in [6.07, 6.45) is 1.14. The number of furan rings is 1. The maximum absolute atomic E-state index is 5.99. The number of nitrogens with zero attached hydrogens (tertiary/aromatic N) is 2. The third-order valence-corrected chi connectivity index (χ3v) is 3.90. The van der Waals surface area contributed by atoms with Gasteiger partial charge in [0.2, 0.25) is 0 Å². The van der Waals surface area contributed by atoms with Gasteiger partial charge in [0.1, 0.15) is 11.5 Å². The van der Waals surface area contributed by atoms with Gasteiger partial charge in [-0.1, -0.05) is 0 Å². The summed E-state index contributed by atoms with van der Waals surface area (Å²) < 4.78 is 5.63. The van der Waals surface area contributed by atoms with Crippen LogP contribution in [0.3, 0.4) is 0 Å². The van der Waals surface area contributed by atoms with E-state index in [1.165, 1.54) is 0 Å². The summed E-state index contributed by atoms with van der Waals surface area (Å²) in [5.41, 5.74) is 6.10. The van der Waals surface area contributed by atoms with Crippen LogP contribution in [0, 0.1) is 6.92 Å². The molecule has 96 valence electrons. The average molecular weight is 237 g/mol. The van der Waals surface area contributed by atoms with E-state index >= 15 is 0 Å². The van der Waals surface area contributed by atoms with E-state index in [2.05, 4.69) is 30.0 Å². The second kappa shape index (κ2) is 4.80. The van der Waals surface area contributed by atoms with Crippen LogP contribution in [0.15, 0.2) is 16.5 Å². The molecule has 0 bridgehead atoms. The summed E-state index contributed by atoms with van der Waals surface area (Å²) in [5.74, 6) is 1.99. The van der Waals surface area contributed by atoms with E-state index in [0.29, 0.717) is 6.54 Å². The van der Waals surface area contributed by atoms with Gasteiger partial charge in [-0.15, -0.1) is 0 Å². The van der Waals surface area contributed by atoms with Crippen molar-refractivity contribution in [2.24, 2.45) is 5.73 Å². The van der Waals surface area contributed by atoms with Crippen LogP contribution in [0.1, 0.15) is 17.9 Å². The Labute approximate surface area is 103 Å². The van der Waals surface area contributed by atoms with Crippen molar-refractivity contribution in [2.45, 2.75) is 25.4 Å². The van der Waals surface area contributed by atoms with Crippen LogP contribution in [0.5, 0.6) is 0 Å². The lowest BCUT2D eigenvalue weighted by atomic mass is 9.96. The van der Waals surface area contributed by atoms with E-state index in [4.69, 9.17) is 10.2 Å². The standard InChI is InChI=1S/C13H23N3O/c1-11-4-5-12(17-11)8-16(3)13(9-14)6-7-15(2)10-13/h4-5H,6-10,14H2,1-3H3. The van der Waals surface area contributed by atoms with Gasteiger partial charge in [-0.3, -0.25) is 4.90 Å². The van der Waals surface area contributed by atoms with E-state index in [-0.39, 0.29) is 5.54 Å². The average Bonchev–Trinajstić information content (AvgIpc) is 2.86. The molecule has 4 heteroatoms. The highest BCUT2D eigenvalue weighted by Gasteiger charge is 2.39. The van der Waals surface area contributed by atoms with Gasteiger partial charge in [-0.2, -0.15) is 0 Å². The van der Waals surface area contributed by atoms with Crippen LogP contribution < -0.4 is 5.73 Å². The van der Waals surface area contributed by atoms with Crippen molar-refractivity contribution < 1.29 is 4.42 Å². The van der Waals surface area contributed by atoms with Crippen LogP contribution in [0.2, 0.25) is 0 Å². The fourth-order valence-corrected chi connectivity index (χ4v) is 2.67. The fourth-order valence-electron chi connectivity index (χ4n) is 2.67. The Morgan fingerprint density at radius 1 is 1.53 bits per heavy atom. The predicted octanol–water partition coefficient (Wildman–Crippen LogP) is 1.05. The van der Waals surface area contributed by atoms with Crippen molar-refractivity contribution in [3.8, 4) is 0 Å². The largest absolute Gasteiger partial charge is 0.465 e. The number of likely N-dealkylation sites (N-methyl/N-ethyl adjacent to an activating group) is 2. The SMILES string of the molecule is Cc1ccc(CN(C)C2(CN)CCN(C)C2)o1. The van der Waals surface area contributed by atoms with Gasteiger partial charge < -0.3 is 15.1 Å². The molecule has 1 saturated heterocycles. The monoisotopic (exact) mass is 237 g/mol. The van der Waals surface area contributed by atoms with Gasteiger partial charge in [0.05, 0.1) is 6.54 Å². The Bertz CT molecular complexity index is 376. The van der Waals surface area contributed by atoms with Gasteiger partial charge in [-0.05, 0) is 46.1 Å². The number of likely N-dealkylation sites (tertiary alicyclic amines) is 1. The second-order valence-electron chi connectivity index (χ2n) is 5.28. The molecule has 1 aliphatic rings. The van der Waals surface area contributed by atoms with Gasteiger partial charge in [0.15, 0.2) is 0 Å². The van der Waals surface area contributed by atoms with E-state index in [1.807, 2.05) is 13.0 Å². The second-order valence-corrected chi connectivity index (χ2v) is 5.28. The molecule has 0 saturated carbocycles. The highest BCUT2D eigenvalue weighted by molar-refractivity contribution is 5.07. The number of nitrogens with two attached hydrogens (primary N) is 1. The first-order valence-corrected chi connectivity index (χ1v) is 6.21. The summed E-state index contributed by atoms with van der Waals surface area (Å²) in [6, 6.07) is 4.06. The first-order chi connectivity index (χ1) is 8.05. The van der Waals surface area contributed by atoms with Crippen LogP contribution in [0.25, 0.3) is 0 Å². The molecule has 1 atom stereocenters. The highest BCUT2D eigenvalue weighted by atomic mass is 16.3. The molecule has 2 rings (SSSR count). The van der Waals surface area contributed by atoms with E-state index in [9.17, 15) is 0 Å². The molecule has 0 amide bonds. The Morgan fingerprint density at radius 2 is 2.29 bits per heavy atom. The fraction of sp³-hybridized carbons (Fsp3) is 0.692. The summed E-state index contributed by atoms with van der Waals surface area (Å²) in [7, 11) is 4.30. The highest BCUT2D eigenvalue weighted by Crippen LogP contribution is 2.26. The van der Waals surface area contributed by atoms with Crippen molar-refractivity contribution in [2.75, 3.05) is 33.7 Å². The predicted molar refractivity (Wildman–Crippen MR) is 68.8 cm³/mol. The maximum Gasteiger partial charge on any atom is 0.118 e. The molecule has 17 heavy (non-hydrogen) atoms. The zero-order valence-corrected chi connectivity index (χ0v) is 11.1. The zero-order valence-electron chi connectivity index (χ0n) is 11.1. The van der Waals surface area contributed by atoms with Crippen LogP contribution in [-0.4, -0.2) is 49.1 Å². The molecular formula is C13H23N3O. The molecule has 1 aromatic rings. The lowest BCUT2D eigenvalue weighted by Gasteiger charge is -2.37. The molecule has 1 aliphatic heterocycles. The lowest BCUT2D eigenvalue weighted by molar-refractivity contribution is 0.117. The van der Waals surface area contributed by atoms with Crippen LogP contribution in [0.4, 0.5) is 0 Å². The molecule has 2 N–H and O–H groups in total. The van der Waals surface area contributed by atoms with Gasteiger partial charge in [0, 0.05) is 18.6 Å². The van der Waals surface area contributed by atoms with E-state index in [1.54, 1.807) is 0 Å². The third-order valence-electron chi connectivity index (χ3n) is 3.90. The zero-order chi connectivity index (χ0) is 12.5. The quantitative estimate of drug-likeness (QED) is 0.850. The van der Waals surface area contributed by atoms with E-state index in [0.717, 1.165) is 37.6 Å². The minimum Gasteiger partial charge on any atom is -0.465 e. The van der Waals surface area contributed by atoms with Crippen molar-refractivity contribution in [1.82, 2.24) is 9.80 Å². The topological polar surface area (TPSA) is 45.6 Å². The molecule has 1 unspecified atom stereocenters. The van der Waals surface area contributed by atoms with Crippen LogP contribution in [-0.2, 0) is 6.54 Å². The van der Waals surface area contributed by atoms with Crippen LogP contribution >= 0.6 is 0 Å². The molecule has 0 radical (unpaired) electrons. The molecule has 0 aliphatic carbocycles.